The summed E-state index contributed by atoms with van der Waals surface area (Å²) in [7, 11) is 0. The molecule has 0 aromatic carbocycles. The van der Waals surface area contributed by atoms with Gasteiger partial charge in [0.05, 0.1) is 6.10 Å². The Labute approximate surface area is 83.7 Å². The van der Waals surface area contributed by atoms with Crippen LogP contribution in [0.5, 0.6) is 0 Å². The van der Waals surface area contributed by atoms with E-state index in [9.17, 15) is 0 Å². The first-order chi connectivity index (χ1) is 5.68. The molecule has 1 N–H and O–H groups in total. The third-order valence-corrected chi connectivity index (χ3v) is 3.54. The first-order valence-electron chi connectivity index (χ1n) is 5.00. The van der Waals surface area contributed by atoms with Crippen LogP contribution in [0.4, 0.5) is 0 Å². The Bertz CT molecular complexity index is 125. The van der Waals surface area contributed by atoms with Gasteiger partial charge in [-0.25, -0.2) is 0 Å². The van der Waals surface area contributed by atoms with Crippen molar-refractivity contribution in [1.29, 1.82) is 0 Å². The minimum absolute atomic E-state index is 0.110. The lowest BCUT2D eigenvalue weighted by Gasteiger charge is -2.25. The van der Waals surface area contributed by atoms with Crippen LogP contribution < -0.4 is 0 Å². The predicted octanol–water partition coefficient (Wildman–Crippen LogP) is 3.10. The Morgan fingerprint density at radius 2 is 2.25 bits per heavy atom. The Morgan fingerprint density at radius 3 is 2.83 bits per heavy atom. The Morgan fingerprint density at radius 1 is 1.50 bits per heavy atom. The lowest BCUT2D eigenvalue weighted by atomic mass is 9.85. The molecule has 0 aromatic rings. The topological polar surface area (TPSA) is 20.2 Å². The summed E-state index contributed by atoms with van der Waals surface area (Å²) in [4.78, 5) is 0.741. The van der Waals surface area contributed by atoms with Crippen LogP contribution in [0.25, 0.3) is 0 Å². The molecule has 2 heteroatoms. The van der Waals surface area contributed by atoms with E-state index in [0.717, 1.165) is 17.2 Å². The van der Waals surface area contributed by atoms with E-state index in [-0.39, 0.29) is 6.10 Å². The molecule has 0 aliphatic heterocycles. The molecule has 0 saturated heterocycles. The van der Waals surface area contributed by atoms with E-state index < -0.39 is 0 Å². The molecule has 0 radical (unpaired) electrons. The number of hydrogen-bond acceptors (Lipinski definition) is 1. The smallest absolute Gasteiger partial charge is 0.0512 e. The summed E-state index contributed by atoms with van der Waals surface area (Å²) in [6.07, 6.45) is 7.46. The fraction of sp³-hybridized carbons (Fsp3) is 1.00. The van der Waals surface area contributed by atoms with Crippen molar-refractivity contribution in [3.8, 4) is 0 Å². The second-order valence-corrected chi connectivity index (χ2v) is 5.35. The quantitative estimate of drug-likeness (QED) is 0.745. The standard InChI is InChI=1S/C10H19BrO/c1-8(12)5-6-9-3-2-4-10(11)7-9/h8-10,12H,2-7H2,1H3. The number of rotatable bonds is 3. The maximum atomic E-state index is 9.14. The molecule has 0 heterocycles. The van der Waals surface area contributed by atoms with Crippen LogP contribution >= 0.6 is 15.9 Å². The molecule has 72 valence electrons. The minimum Gasteiger partial charge on any atom is -0.393 e. The molecule has 12 heavy (non-hydrogen) atoms. The molecule has 1 saturated carbocycles. The lowest BCUT2D eigenvalue weighted by molar-refractivity contribution is 0.167. The summed E-state index contributed by atoms with van der Waals surface area (Å²) >= 11 is 3.67. The maximum Gasteiger partial charge on any atom is 0.0512 e. The van der Waals surface area contributed by atoms with Crippen molar-refractivity contribution in [2.24, 2.45) is 5.92 Å². The maximum absolute atomic E-state index is 9.14. The minimum atomic E-state index is -0.110. The van der Waals surface area contributed by atoms with Gasteiger partial charge < -0.3 is 5.11 Å². The first kappa shape index (κ1) is 10.5. The third-order valence-electron chi connectivity index (χ3n) is 2.71. The van der Waals surface area contributed by atoms with Gasteiger partial charge in [-0.15, -0.1) is 0 Å². The summed E-state index contributed by atoms with van der Waals surface area (Å²) in [5.74, 6) is 0.859. The van der Waals surface area contributed by atoms with Gasteiger partial charge in [0.15, 0.2) is 0 Å². The molecule has 1 aliphatic rings. The zero-order valence-electron chi connectivity index (χ0n) is 7.80. The normalized spacial score (nSPS) is 33.2. The SMILES string of the molecule is CC(O)CCC1CCCC(Br)C1. The Hall–Kier alpha value is 0.440. The zero-order chi connectivity index (χ0) is 8.97. The van der Waals surface area contributed by atoms with Crippen LogP contribution in [0, 0.1) is 5.92 Å². The van der Waals surface area contributed by atoms with Crippen molar-refractivity contribution in [2.75, 3.05) is 0 Å². The van der Waals surface area contributed by atoms with E-state index in [2.05, 4.69) is 15.9 Å². The van der Waals surface area contributed by atoms with Crippen LogP contribution in [0.15, 0.2) is 0 Å². The van der Waals surface area contributed by atoms with Gasteiger partial charge in [-0.3, -0.25) is 0 Å². The van der Waals surface area contributed by atoms with Gasteiger partial charge in [0, 0.05) is 4.83 Å². The van der Waals surface area contributed by atoms with E-state index in [1.165, 1.54) is 32.1 Å². The average Bonchev–Trinajstić information content (AvgIpc) is 2.01. The molecule has 1 aliphatic carbocycles. The summed E-state index contributed by atoms with van der Waals surface area (Å²) in [6.45, 7) is 1.88. The molecule has 0 amide bonds. The molecule has 3 unspecified atom stereocenters. The fourth-order valence-electron chi connectivity index (χ4n) is 1.96. The molecule has 1 rings (SSSR count). The lowest BCUT2D eigenvalue weighted by Crippen LogP contribution is -2.16. The molecule has 1 fully saturated rings. The highest BCUT2D eigenvalue weighted by Gasteiger charge is 2.19. The second-order valence-electron chi connectivity index (χ2n) is 4.06. The highest BCUT2D eigenvalue weighted by Crippen LogP contribution is 2.31. The van der Waals surface area contributed by atoms with E-state index in [1.54, 1.807) is 0 Å². The van der Waals surface area contributed by atoms with E-state index in [4.69, 9.17) is 5.11 Å². The molecular formula is C10H19BrO. The second kappa shape index (κ2) is 5.23. The van der Waals surface area contributed by atoms with Gasteiger partial charge in [-0.2, -0.15) is 0 Å². The Kier molecular flexibility index (Phi) is 4.59. The van der Waals surface area contributed by atoms with Crippen LogP contribution in [-0.2, 0) is 0 Å². The molecule has 1 nitrogen and oxygen atoms in total. The predicted molar refractivity (Wildman–Crippen MR) is 55.6 cm³/mol. The number of aliphatic hydroxyl groups excluding tert-OH is 1. The zero-order valence-corrected chi connectivity index (χ0v) is 9.39. The Balaban J connectivity index is 2.14. The van der Waals surface area contributed by atoms with Gasteiger partial charge in [-0.05, 0) is 38.5 Å². The number of halogens is 1. The van der Waals surface area contributed by atoms with Gasteiger partial charge in [0.25, 0.3) is 0 Å². The van der Waals surface area contributed by atoms with Crippen molar-refractivity contribution in [2.45, 2.75) is 56.4 Å². The summed E-state index contributed by atoms with van der Waals surface area (Å²) in [6, 6.07) is 0. The highest BCUT2D eigenvalue weighted by atomic mass is 79.9. The van der Waals surface area contributed by atoms with Crippen LogP contribution in [0.1, 0.15) is 45.4 Å². The van der Waals surface area contributed by atoms with Crippen molar-refractivity contribution in [1.82, 2.24) is 0 Å². The highest BCUT2D eigenvalue weighted by molar-refractivity contribution is 9.09. The van der Waals surface area contributed by atoms with Crippen molar-refractivity contribution >= 4 is 15.9 Å². The molecule has 3 atom stereocenters. The van der Waals surface area contributed by atoms with E-state index in [1.807, 2.05) is 6.92 Å². The van der Waals surface area contributed by atoms with Gasteiger partial charge in [-0.1, -0.05) is 28.8 Å². The van der Waals surface area contributed by atoms with E-state index in [0.29, 0.717) is 0 Å². The fourth-order valence-corrected chi connectivity index (χ4v) is 2.82. The molecule has 0 aromatic heterocycles. The molecule has 0 spiro atoms. The van der Waals surface area contributed by atoms with Crippen LogP contribution in [0.2, 0.25) is 0 Å². The van der Waals surface area contributed by atoms with Crippen molar-refractivity contribution in [3.05, 3.63) is 0 Å². The van der Waals surface area contributed by atoms with E-state index >= 15 is 0 Å². The average molecular weight is 235 g/mol. The van der Waals surface area contributed by atoms with Crippen molar-refractivity contribution < 1.29 is 5.11 Å². The monoisotopic (exact) mass is 234 g/mol. The summed E-state index contributed by atoms with van der Waals surface area (Å²) in [5, 5.41) is 9.14. The van der Waals surface area contributed by atoms with Crippen molar-refractivity contribution in [3.63, 3.8) is 0 Å². The molecular weight excluding hydrogens is 216 g/mol. The molecule has 0 bridgehead atoms. The number of hydrogen-bond donors (Lipinski definition) is 1. The summed E-state index contributed by atoms with van der Waals surface area (Å²) in [5.41, 5.74) is 0. The number of alkyl halides is 1. The summed E-state index contributed by atoms with van der Waals surface area (Å²) < 4.78 is 0. The van der Waals surface area contributed by atoms with Gasteiger partial charge >= 0.3 is 0 Å². The van der Waals surface area contributed by atoms with Crippen LogP contribution in [-0.4, -0.2) is 16.0 Å². The third kappa shape index (κ3) is 3.90. The number of aliphatic hydroxyl groups is 1. The first-order valence-corrected chi connectivity index (χ1v) is 5.92. The largest absolute Gasteiger partial charge is 0.393 e. The van der Waals surface area contributed by atoms with Crippen LogP contribution in [0.3, 0.4) is 0 Å². The van der Waals surface area contributed by atoms with Gasteiger partial charge in [0.1, 0.15) is 0 Å². The van der Waals surface area contributed by atoms with Gasteiger partial charge in [0.2, 0.25) is 0 Å².